The number of anilines is 1. The third kappa shape index (κ3) is 5.93. The summed E-state index contributed by atoms with van der Waals surface area (Å²) in [6.45, 7) is 15.8. The molecule has 5 rings (SSSR count). The largest absolute Gasteiger partial charge is 0.443 e. The molecule has 0 aliphatic carbocycles. The molecule has 1 aromatic carbocycles. The first-order valence-corrected chi connectivity index (χ1v) is 13.7. The molecule has 11 nitrogen and oxygen atoms in total. The SMILES string of the molecule is Cc1nc(N(C(=O)OC(C)(C)C)C(=O)OC(C)(C)C)nc2c1ccn2[C@@H]1O[C@@H](c2ccccc2)[C@H]2OC(C)(C)O[C@H]21. The molecule has 2 aliphatic rings. The Balaban J connectivity index is 1.58. The van der Waals surface area contributed by atoms with Crippen LogP contribution in [0.15, 0.2) is 42.6 Å². The van der Waals surface area contributed by atoms with Gasteiger partial charge in [0.25, 0.3) is 0 Å². The van der Waals surface area contributed by atoms with Gasteiger partial charge in [-0.2, -0.15) is 4.98 Å². The highest BCUT2D eigenvalue weighted by Gasteiger charge is 2.56. The van der Waals surface area contributed by atoms with Crippen LogP contribution in [0.5, 0.6) is 0 Å². The maximum Gasteiger partial charge on any atom is 0.427 e. The summed E-state index contributed by atoms with van der Waals surface area (Å²) in [6, 6.07) is 11.7. The number of hydrogen-bond donors (Lipinski definition) is 0. The number of ether oxygens (including phenoxy) is 5. The van der Waals surface area contributed by atoms with Crippen LogP contribution in [-0.2, 0) is 23.7 Å². The van der Waals surface area contributed by atoms with Crippen LogP contribution in [0.3, 0.4) is 0 Å². The quantitative estimate of drug-likeness (QED) is 0.365. The molecule has 0 bridgehead atoms. The number of aryl methyl sites for hydroxylation is 1. The van der Waals surface area contributed by atoms with E-state index in [-0.39, 0.29) is 18.2 Å². The van der Waals surface area contributed by atoms with Gasteiger partial charge in [0, 0.05) is 11.6 Å². The molecule has 4 heterocycles. The predicted octanol–water partition coefficient (Wildman–Crippen LogP) is 6.21. The molecule has 2 saturated heterocycles. The average Bonchev–Trinajstić information content (AvgIpc) is 3.48. The highest BCUT2D eigenvalue weighted by Crippen LogP contribution is 2.49. The Labute approximate surface area is 239 Å². The van der Waals surface area contributed by atoms with Crippen molar-refractivity contribution in [3.05, 3.63) is 53.9 Å². The van der Waals surface area contributed by atoms with Gasteiger partial charge in [-0.05, 0) is 73.9 Å². The highest BCUT2D eigenvalue weighted by atomic mass is 16.8. The molecule has 2 fully saturated rings. The molecule has 2 aliphatic heterocycles. The fourth-order valence-corrected chi connectivity index (χ4v) is 5.04. The van der Waals surface area contributed by atoms with E-state index >= 15 is 0 Å². The normalized spacial score (nSPS) is 23.8. The number of carbonyl (C=O) groups is 2. The zero-order valence-corrected chi connectivity index (χ0v) is 25.0. The summed E-state index contributed by atoms with van der Waals surface area (Å²) in [5.74, 6) is -0.982. The first-order valence-electron chi connectivity index (χ1n) is 13.7. The second kappa shape index (κ2) is 10.1. The van der Waals surface area contributed by atoms with Crippen LogP contribution in [0, 0.1) is 6.92 Å². The lowest BCUT2D eigenvalue weighted by molar-refractivity contribution is -0.197. The lowest BCUT2D eigenvalue weighted by atomic mass is 10.0. The standard InChI is InChI=1S/C30H38N4O7/c1-17-19-15-16-33(24-22-21(38-30(8,9)39-22)20(37-24)18-13-11-10-12-14-18)23(19)32-25(31-17)34(26(35)40-28(2,3)4)27(36)41-29(5,6)7/h10-16,20-22,24H,1-9H3/t20-,21+,22+,24+/m0/s1. The lowest BCUT2D eigenvalue weighted by Crippen LogP contribution is -2.44. The number of imide groups is 1. The van der Waals surface area contributed by atoms with E-state index in [9.17, 15) is 9.59 Å². The van der Waals surface area contributed by atoms with Crippen LogP contribution in [0.1, 0.15) is 79.0 Å². The van der Waals surface area contributed by atoms with Crippen LogP contribution in [0.25, 0.3) is 11.0 Å². The predicted molar refractivity (Wildman–Crippen MR) is 150 cm³/mol. The smallest absolute Gasteiger partial charge is 0.427 e. The molecule has 0 unspecified atom stereocenters. The summed E-state index contributed by atoms with van der Waals surface area (Å²) in [5.41, 5.74) is 0.231. The fraction of sp³-hybridized carbons (Fsp3) is 0.533. The third-order valence-electron chi connectivity index (χ3n) is 6.53. The Morgan fingerprint density at radius 2 is 1.49 bits per heavy atom. The number of nitrogens with zero attached hydrogens (tertiary/aromatic N) is 4. The van der Waals surface area contributed by atoms with Crippen molar-refractivity contribution < 1.29 is 33.3 Å². The Morgan fingerprint density at radius 3 is 2.07 bits per heavy atom. The summed E-state index contributed by atoms with van der Waals surface area (Å²) in [5, 5.41) is 0.726. The number of aromatic nitrogens is 3. The number of carbonyl (C=O) groups excluding carboxylic acids is 2. The number of benzene rings is 1. The Kier molecular flexibility index (Phi) is 7.12. The monoisotopic (exact) mass is 566 g/mol. The van der Waals surface area contributed by atoms with E-state index in [1.165, 1.54) is 0 Å². The van der Waals surface area contributed by atoms with E-state index in [4.69, 9.17) is 28.7 Å². The van der Waals surface area contributed by atoms with E-state index in [1.54, 1.807) is 48.5 Å². The molecule has 4 atom stereocenters. The van der Waals surface area contributed by atoms with Crippen LogP contribution in [0.2, 0.25) is 0 Å². The molecule has 11 heteroatoms. The van der Waals surface area contributed by atoms with Gasteiger partial charge in [-0.25, -0.2) is 14.6 Å². The summed E-state index contributed by atoms with van der Waals surface area (Å²) >= 11 is 0. The second-order valence-electron chi connectivity index (χ2n) is 12.8. The molecule has 0 saturated carbocycles. The molecule has 41 heavy (non-hydrogen) atoms. The van der Waals surface area contributed by atoms with Gasteiger partial charge < -0.3 is 28.3 Å². The topological polar surface area (TPSA) is 114 Å². The Hall–Kier alpha value is -3.54. The second-order valence-corrected chi connectivity index (χ2v) is 12.8. The van der Waals surface area contributed by atoms with Crippen molar-refractivity contribution >= 4 is 29.2 Å². The summed E-state index contributed by atoms with van der Waals surface area (Å²) in [7, 11) is 0. The maximum absolute atomic E-state index is 13.3. The van der Waals surface area contributed by atoms with E-state index in [1.807, 2.05) is 61.0 Å². The summed E-state index contributed by atoms with van der Waals surface area (Å²) < 4.78 is 32.1. The van der Waals surface area contributed by atoms with Crippen molar-refractivity contribution in [1.82, 2.24) is 14.5 Å². The van der Waals surface area contributed by atoms with Crippen molar-refractivity contribution in [3.63, 3.8) is 0 Å². The molecule has 2 aromatic heterocycles. The van der Waals surface area contributed by atoms with Crippen molar-refractivity contribution in [3.8, 4) is 0 Å². The summed E-state index contributed by atoms with van der Waals surface area (Å²) in [4.78, 5) is 36.5. The molecule has 0 spiro atoms. The first kappa shape index (κ1) is 29.0. The Morgan fingerprint density at radius 1 is 0.902 bits per heavy atom. The Bertz CT molecular complexity index is 1430. The highest BCUT2D eigenvalue weighted by molar-refractivity contribution is 6.08. The zero-order chi connectivity index (χ0) is 29.9. The van der Waals surface area contributed by atoms with Crippen molar-refractivity contribution in [2.24, 2.45) is 0 Å². The van der Waals surface area contributed by atoms with E-state index in [0.29, 0.717) is 11.3 Å². The van der Waals surface area contributed by atoms with E-state index < -0.39 is 41.5 Å². The lowest BCUT2D eigenvalue weighted by Gasteiger charge is -2.28. The van der Waals surface area contributed by atoms with Crippen LogP contribution >= 0.6 is 0 Å². The van der Waals surface area contributed by atoms with Gasteiger partial charge in [-0.1, -0.05) is 30.3 Å². The van der Waals surface area contributed by atoms with Crippen LogP contribution < -0.4 is 4.90 Å². The van der Waals surface area contributed by atoms with Crippen LogP contribution in [-0.4, -0.2) is 55.9 Å². The van der Waals surface area contributed by atoms with Crippen molar-refractivity contribution in [2.45, 2.75) is 104 Å². The van der Waals surface area contributed by atoms with Gasteiger partial charge in [0.05, 0.1) is 5.69 Å². The van der Waals surface area contributed by atoms with E-state index in [0.717, 1.165) is 15.8 Å². The molecular formula is C30H38N4O7. The fourth-order valence-electron chi connectivity index (χ4n) is 5.04. The van der Waals surface area contributed by atoms with E-state index in [2.05, 4.69) is 4.98 Å². The molecule has 220 valence electrons. The molecule has 0 radical (unpaired) electrons. The minimum atomic E-state index is -0.945. The minimum Gasteiger partial charge on any atom is -0.443 e. The third-order valence-corrected chi connectivity index (χ3v) is 6.53. The van der Waals surface area contributed by atoms with Crippen molar-refractivity contribution in [2.75, 3.05) is 4.90 Å². The molecular weight excluding hydrogens is 528 g/mol. The molecule has 2 amide bonds. The van der Waals surface area contributed by atoms with Gasteiger partial charge in [0.2, 0.25) is 5.95 Å². The number of fused-ring (bicyclic) bond motifs is 2. The van der Waals surface area contributed by atoms with Crippen LogP contribution in [0.4, 0.5) is 15.5 Å². The zero-order valence-electron chi connectivity index (χ0n) is 25.0. The molecule has 0 N–H and O–H groups in total. The van der Waals surface area contributed by atoms with Gasteiger partial charge in [-0.3, -0.25) is 0 Å². The summed E-state index contributed by atoms with van der Waals surface area (Å²) in [6.07, 6.45) is -1.85. The number of hydrogen-bond acceptors (Lipinski definition) is 9. The number of rotatable bonds is 3. The van der Waals surface area contributed by atoms with Gasteiger partial charge >= 0.3 is 12.2 Å². The van der Waals surface area contributed by atoms with Gasteiger partial charge in [0.1, 0.15) is 35.2 Å². The van der Waals surface area contributed by atoms with Gasteiger partial charge in [-0.15, -0.1) is 4.90 Å². The number of amides is 2. The van der Waals surface area contributed by atoms with Gasteiger partial charge in [0.15, 0.2) is 12.0 Å². The average molecular weight is 567 g/mol. The first-order chi connectivity index (χ1) is 19.0. The maximum atomic E-state index is 13.3. The molecule has 3 aromatic rings. The van der Waals surface area contributed by atoms with Crippen molar-refractivity contribution in [1.29, 1.82) is 0 Å². The minimum absolute atomic E-state index is 0.170.